The van der Waals surface area contributed by atoms with Gasteiger partial charge in [0.2, 0.25) is 17.9 Å². The Balaban J connectivity index is 1.35. The first-order chi connectivity index (χ1) is 19.8. The summed E-state index contributed by atoms with van der Waals surface area (Å²) in [7, 11) is 1.89. The number of oxime groups is 1. The maximum atomic E-state index is 13.2. The number of carbonyl (C=O) groups excluding carboxylic acids is 2. The van der Waals surface area contributed by atoms with Crippen LogP contribution in [0.2, 0.25) is 0 Å². The highest BCUT2D eigenvalue weighted by atomic mass is 32.2. The molecule has 15 nitrogen and oxygen atoms in total. The molecule has 0 bridgehead atoms. The molecule has 0 radical (unpaired) electrons. The largest absolute Gasteiger partial charge is 0.477 e. The lowest BCUT2D eigenvalue weighted by Crippen LogP contribution is -2.71. The number of hydrogen-bond donors (Lipinski definition) is 4. The number of carboxylic acid groups (broad SMARTS) is 1. The molecular weight excluding hydrogens is 579 g/mol. The Bertz CT molecular complexity index is 1560. The van der Waals surface area contributed by atoms with E-state index in [4.69, 9.17) is 5.73 Å². The molecule has 2 amide bonds. The van der Waals surface area contributed by atoms with Gasteiger partial charge in [-0.3, -0.25) is 14.5 Å². The van der Waals surface area contributed by atoms with Gasteiger partial charge in [0.1, 0.15) is 29.2 Å². The first-order valence-corrected chi connectivity index (χ1v) is 14.2. The van der Waals surface area contributed by atoms with E-state index < -0.39 is 41.8 Å². The zero-order valence-electron chi connectivity index (χ0n) is 21.7. The van der Waals surface area contributed by atoms with E-state index in [1.165, 1.54) is 16.7 Å². The SMILES string of the molecule is CNCCCn1cnc2c1ccc[n+]2CC1=C(C(=O)O)N2C(=O)C(NC(=O)/C(=N/OCF)c3nsc(N)n3)C2SC1. The third-order valence-corrected chi connectivity index (χ3v) is 8.33. The van der Waals surface area contributed by atoms with Crippen LogP contribution in [0, 0.1) is 0 Å². The van der Waals surface area contributed by atoms with Gasteiger partial charge in [-0.15, -0.1) is 11.8 Å². The molecular formula is C23H26FN10O5S2+. The standard InChI is InChI=1S/C23H25FN10O5S2/c1-26-5-3-7-33-11-27-18-13(33)4-2-6-32(18)8-12-9-40-21-15(20(36)34(21)16(12)22(37)38)28-19(35)14(30-39-10-24)17-29-23(25)41-31-17/h2,4,6,11,15,21,26H,3,5,7-10H2,1H3,(H3-,25,28,29,31,35,37,38)/p+1/b30-14+. The zero-order valence-corrected chi connectivity index (χ0v) is 23.3. The summed E-state index contributed by atoms with van der Waals surface area (Å²) < 4.78 is 20.3. The van der Waals surface area contributed by atoms with Gasteiger partial charge in [-0.1, -0.05) is 5.16 Å². The fourth-order valence-corrected chi connectivity index (χ4v) is 6.41. The predicted molar refractivity (Wildman–Crippen MR) is 146 cm³/mol. The minimum Gasteiger partial charge on any atom is -0.477 e. The lowest BCUT2D eigenvalue weighted by Gasteiger charge is -2.49. The molecule has 0 aliphatic carbocycles. The molecule has 0 spiro atoms. The van der Waals surface area contributed by atoms with Crippen molar-refractivity contribution in [3.8, 4) is 0 Å². The van der Waals surface area contributed by atoms with E-state index in [-0.39, 0.29) is 23.2 Å². The number of thioether (sulfide) groups is 1. The van der Waals surface area contributed by atoms with Gasteiger partial charge in [-0.25, -0.2) is 13.8 Å². The number of nitrogens with zero attached hydrogens (tertiary/aromatic N) is 7. The van der Waals surface area contributed by atoms with E-state index in [1.54, 1.807) is 6.33 Å². The highest BCUT2D eigenvalue weighted by Crippen LogP contribution is 2.40. The van der Waals surface area contributed by atoms with E-state index >= 15 is 0 Å². The average Bonchev–Trinajstić information content (AvgIpc) is 3.58. The number of nitrogen functional groups attached to an aromatic ring is 1. The quantitative estimate of drug-likeness (QED) is 0.0681. The number of alkyl halides is 1. The summed E-state index contributed by atoms with van der Waals surface area (Å²) in [6.07, 6.45) is 4.49. The van der Waals surface area contributed by atoms with Crippen LogP contribution in [0.15, 0.2) is 41.1 Å². The summed E-state index contributed by atoms with van der Waals surface area (Å²) >= 11 is 2.11. The Hall–Kier alpha value is -4.16. The number of aryl methyl sites for hydroxylation is 1. The monoisotopic (exact) mass is 605 g/mol. The van der Waals surface area contributed by atoms with Crippen molar-refractivity contribution >= 4 is 63.1 Å². The minimum absolute atomic E-state index is 0.0485. The van der Waals surface area contributed by atoms with Crippen molar-refractivity contribution in [1.82, 2.24) is 34.4 Å². The van der Waals surface area contributed by atoms with Gasteiger partial charge in [0, 0.05) is 29.4 Å². The molecule has 2 atom stereocenters. The number of imidazole rings is 1. The molecule has 0 aromatic carbocycles. The molecule has 0 saturated carbocycles. The van der Waals surface area contributed by atoms with Crippen molar-refractivity contribution < 1.29 is 33.3 Å². The molecule has 216 valence electrons. The molecule has 18 heteroatoms. The summed E-state index contributed by atoms with van der Waals surface area (Å²) in [6, 6.07) is 2.77. The molecule has 5 heterocycles. The van der Waals surface area contributed by atoms with Crippen LogP contribution in [0.25, 0.3) is 11.2 Å². The second kappa shape index (κ2) is 12.1. The van der Waals surface area contributed by atoms with Crippen LogP contribution in [0.4, 0.5) is 9.52 Å². The maximum Gasteiger partial charge on any atom is 0.352 e. The number of carbonyl (C=O) groups is 3. The van der Waals surface area contributed by atoms with Gasteiger partial charge in [0.05, 0.1) is 6.20 Å². The molecule has 3 aromatic rings. The van der Waals surface area contributed by atoms with Crippen LogP contribution in [-0.4, -0.2) is 90.0 Å². The number of aromatic nitrogens is 5. The number of pyridine rings is 1. The number of fused-ring (bicyclic) bond motifs is 2. The van der Waals surface area contributed by atoms with Crippen LogP contribution < -0.4 is 20.9 Å². The normalized spacial score (nSPS) is 18.8. The first kappa shape index (κ1) is 28.4. The van der Waals surface area contributed by atoms with E-state index in [0.29, 0.717) is 17.0 Å². The number of aliphatic carboxylic acids is 1. The third-order valence-electron chi connectivity index (χ3n) is 6.45. The Morgan fingerprint density at radius 2 is 2.24 bits per heavy atom. The molecule has 2 aliphatic heterocycles. The highest BCUT2D eigenvalue weighted by Gasteiger charge is 2.54. The van der Waals surface area contributed by atoms with Crippen LogP contribution in [0.1, 0.15) is 12.2 Å². The molecule has 2 unspecified atom stereocenters. The maximum absolute atomic E-state index is 13.2. The number of halogens is 1. The smallest absolute Gasteiger partial charge is 0.352 e. The van der Waals surface area contributed by atoms with E-state index in [2.05, 4.69) is 35.0 Å². The van der Waals surface area contributed by atoms with Gasteiger partial charge in [-0.05, 0) is 37.1 Å². The van der Waals surface area contributed by atoms with Gasteiger partial charge < -0.3 is 30.9 Å². The van der Waals surface area contributed by atoms with Gasteiger partial charge in [0.25, 0.3) is 18.7 Å². The van der Waals surface area contributed by atoms with Crippen molar-refractivity contribution in [2.75, 3.05) is 31.9 Å². The molecule has 5 rings (SSSR count). The fraction of sp³-hybridized carbons (Fsp3) is 0.391. The summed E-state index contributed by atoms with van der Waals surface area (Å²) in [5, 5.41) is 18.5. The molecule has 1 fully saturated rings. The minimum atomic E-state index is -1.30. The summed E-state index contributed by atoms with van der Waals surface area (Å²) in [5.74, 6) is -2.66. The number of amides is 2. The first-order valence-electron chi connectivity index (χ1n) is 12.4. The lowest BCUT2D eigenvalue weighted by molar-refractivity contribution is -0.664. The number of β-lactam (4-membered cyclic amide) rings is 1. The fourth-order valence-electron chi connectivity index (χ4n) is 4.64. The van der Waals surface area contributed by atoms with Crippen molar-refractivity contribution in [2.45, 2.75) is 30.9 Å². The number of rotatable bonds is 12. The summed E-state index contributed by atoms with van der Waals surface area (Å²) in [6.45, 7) is 0.542. The van der Waals surface area contributed by atoms with Gasteiger partial charge >= 0.3 is 11.6 Å². The van der Waals surface area contributed by atoms with Crippen LogP contribution in [0.3, 0.4) is 0 Å². The second-order valence-corrected chi connectivity index (χ2v) is 10.9. The number of nitrogens with one attached hydrogen (secondary N) is 2. The van der Waals surface area contributed by atoms with Crippen LogP contribution >= 0.6 is 23.3 Å². The molecule has 3 aromatic heterocycles. The Morgan fingerprint density at radius 3 is 2.95 bits per heavy atom. The molecule has 1 saturated heterocycles. The predicted octanol–water partition coefficient (Wildman–Crippen LogP) is -0.546. The molecule has 41 heavy (non-hydrogen) atoms. The lowest BCUT2D eigenvalue weighted by atomic mass is 10.0. The topological polar surface area (TPSA) is 194 Å². The van der Waals surface area contributed by atoms with Crippen molar-refractivity contribution in [3.63, 3.8) is 0 Å². The third kappa shape index (κ3) is 5.57. The Morgan fingerprint density at radius 1 is 1.41 bits per heavy atom. The second-order valence-electron chi connectivity index (χ2n) is 8.99. The van der Waals surface area contributed by atoms with Crippen LogP contribution in [0.5, 0.6) is 0 Å². The highest BCUT2D eigenvalue weighted by molar-refractivity contribution is 8.00. The molecule has 2 aliphatic rings. The van der Waals surface area contributed by atoms with E-state index in [1.807, 2.05) is 34.5 Å². The number of hydrogen-bond acceptors (Lipinski definition) is 12. The number of nitrogens with two attached hydrogens (primary N) is 1. The Labute approximate surface area is 240 Å². The zero-order chi connectivity index (χ0) is 29.1. The van der Waals surface area contributed by atoms with E-state index in [0.717, 1.165) is 36.6 Å². The van der Waals surface area contributed by atoms with Crippen LogP contribution in [-0.2, 0) is 32.3 Å². The van der Waals surface area contributed by atoms with Crippen molar-refractivity contribution in [3.05, 3.63) is 41.8 Å². The Kier molecular flexibility index (Phi) is 8.41. The van der Waals surface area contributed by atoms with Gasteiger partial charge in [0.15, 0.2) is 5.13 Å². The summed E-state index contributed by atoms with van der Waals surface area (Å²) in [5.41, 5.74) is 7.11. The van der Waals surface area contributed by atoms with Crippen molar-refractivity contribution in [1.29, 1.82) is 0 Å². The summed E-state index contributed by atoms with van der Waals surface area (Å²) in [4.78, 5) is 52.4. The van der Waals surface area contributed by atoms with E-state index in [9.17, 15) is 23.9 Å². The van der Waals surface area contributed by atoms with Gasteiger partial charge in [-0.2, -0.15) is 9.36 Å². The molecule has 5 N–H and O–H groups in total. The number of carboxylic acids is 1. The number of anilines is 1. The average molecular weight is 606 g/mol. The van der Waals surface area contributed by atoms with Crippen molar-refractivity contribution in [2.24, 2.45) is 5.16 Å².